The molecule has 1 aromatic heterocycles. The van der Waals surface area contributed by atoms with Crippen molar-refractivity contribution in [1.82, 2.24) is 9.55 Å². The van der Waals surface area contributed by atoms with Gasteiger partial charge in [-0.3, -0.25) is 0 Å². The van der Waals surface area contributed by atoms with Crippen molar-refractivity contribution in [3.05, 3.63) is 153 Å². The largest absolute Gasteiger partial charge is 0.340 e. The molecule has 0 spiro atoms. The predicted octanol–water partition coefficient (Wildman–Crippen LogP) is 5.58. The molecule has 0 radical (unpaired) electrons. The number of imidazole rings is 1. The maximum absolute atomic E-state index is 4.26. The van der Waals surface area contributed by atoms with Crippen LogP contribution in [0.4, 0.5) is 0 Å². The van der Waals surface area contributed by atoms with E-state index < -0.39 is 8.07 Å². The summed E-state index contributed by atoms with van der Waals surface area (Å²) >= 11 is 0. The van der Waals surface area contributed by atoms with Gasteiger partial charge in [0.05, 0.1) is 6.33 Å². The van der Waals surface area contributed by atoms with Gasteiger partial charge in [-0.15, -0.1) is 6.58 Å². The molecule has 0 unspecified atom stereocenters. The van der Waals surface area contributed by atoms with Crippen molar-refractivity contribution in [2.24, 2.45) is 0 Å². The average Bonchev–Trinajstić information content (AvgIpc) is 3.51. The van der Waals surface area contributed by atoms with Crippen LogP contribution in [0.15, 0.2) is 153 Å². The van der Waals surface area contributed by atoms with Crippen molar-refractivity contribution < 1.29 is 0 Å². The molecule has 0 bridgehead atoms. The zero-order valence-electron chi connectivity index (χ0n) is 22.4. The number of hydrogen-bond acceptors (Lipinski definition) is 1. The van der Waals surface area contributed by atoms with Gasteiger partial charge in [-0.2, -0.15) is 0 Å². The van der Waals surface area contributed by atoms with Crippen molar-refractivity contribution in [3.63, 3.8) is 0 Å². The Kier molecular flexibility index (Phi) is 10.1. The Morgan fingerprint density at radius 2 is 1.21 bits per heavy atom. The predicted molar refractivity (Wildman–Crippen MR) is 168 cm³/mol. The molecule has 0 atom stereocenters. The molecule has 0 aliphatic heterocycles. The van der Waals surface area contributed by atoms with E-state index in [1.807, 2.05) is 18.6 Å². The van der Waals surface area contributed by atoms with Crippen LogP contribution in [-0.2, 0) is 6.17 Å². The summed E-state index contributed by atoms with van der Waals surface area (Å²) in [5, 5.41) is 2.99. The molecule has 2 nitrogen and oxygen atoms in total. The molecule has 5 aromatic rings. The number of nitrogens with zero attached hydrogens (tertiary/aromatic N) is 2. The highest BCUT2D eigenvalue weighted by molar-refractivity contribution is 7.01. The normalized spacial score (nSPS) is 10.8. The van der Waals surface area contributed by atoms with Crippen LogP contribution >= 0.6 is 0 Å². The lowest BCUT2D eigenvalue weighted by atomic mass is 9.43. The average molecular weight is 513 g/mol. The van der Waals surface area contributed by atoms with E-state index in [1.165, 1.54) is 33.8 Å². The van der Waals surface area contributed by atoms with Crippen molar-refractivity contribution in [1.29, 1.82) is 0 Å². The van der Waals surface area contributed by atoms with Gasteiger partial charge in [0.15, 0.2) is 0 Å². The van der Waals surface area contributed by atoms with Gasteiger partial charge in [-0.25, -0.2) is 4.98 Å². The monoisotopic (exact) mass is 512 g/mol. The van der Waals surface area contributed by atoms with E-state index in [1.54, 1.807) is 0 Å². The lowest BCUT2D eigenvalue weighted by Crippen LogP contribution is -2.61. The molecule has 38 heavy (non-hydrogen) atoms. The fraction of sp³-hybridized carbons (Fsp3) is 0.147. The standard InChI is InChI=1S/C21H24N2Si.C13H13B/c1-2-3-10-17-24(19-23-16-15-22-18-23,20-11-6-4-7-12-20)21-13-8-5-9-14-21;1-14(12-8-4-2-5-9-12)13-10-6-3-7-11-13/h2,4-9,11-16,18H,1,3,10,17,19H2;2-11H,1H3. The summed E-state index contributed by atoms with van der Waals surface area (Å²) in [7, 11) is -1.91. The number of allylic oxidation sites excluding steroid dienone is 1. The second-order valence-corrected chi connectivity index (χ2v) is 13.9. The van der Waals surface area contributed by atoms with E-state index in [0.29, 0.717) is 6.71 Å². The van der Waals surface area contributed by atoms with E-state index >= 15 is 0 Å². The van der Waals surface area contributed by atoms with Crippen molar-refractivity contribution in [2.45, 2.75) is 31.9 Å². The number of aromatic nitrogens is 2. The Morgan fingerprint density at radius 3 is 1.63 bits per heavy atom. The highest BCUT2D eigenvalue weighted by atomic mass is 28.3. The van der Waals surface area contributed by atoms with Crippen LogP contribution in [0.2, 0.25) is 12.9 Å². The van der Waals surface area contributed by atoms with E-state index in [2.05, 4.69) is 150 Å². The van der Waals surface area contributed by atoms with Crippen LogP contribution in [0.3, 0.4) is 0 Å². The lowest BCUT2D eigenvalue weighted by molar-refractivity contribution is 0.834. The first-order valence-corrected chi connectivity index (χ1v) is 15.9. The van der Waals surface area contributed by atoms with E-state index in [4.69, 9.17) is 0 Å². The summed E-state index contributed by atoms with van der Waals surface area (Å²) < 4.78 is 2.25. The third kappa shape index (κ3) is 7.11. The summed E-state index contributed by atoms with van der Waals surface area (Å²) in [4.78, 5) is 4.26. The quantitative estimate of drug-likeness (QED) is 0.136. The van der Waals surface area contributed by atoms with E-state index in [9.17, 15) is 0 Å². The second-order valence-electron chi connectivity index (χ2n) is 9.77. The van der Waals surface area contributed by atoms with Gasteiger partial charge >= 0.3 is 0 Å². The van der Waals surface area contributed by atoms with Gasteiger partial charge in [0, 0.05) is 18.6 Å². The Hall–Kier alpha value is -3.89. The fourth-order valence-electron chi connectivity index (χ4n) is 5.15. The van der Waals surface area contributed by atoms with Crippen molar-refractivity contribution in [3.8, 4) is 0 Å². The molecule has 5 rings (SSSR count). The first kappa shape index (κ1) is 27.2. The minimum absolute atomic E-state index is 0.484. The van der Waals surface area contributed by atoms with E-state index in [-0.39, 0.29) is 0 Å². The van der Waals surface area contributed by atoms with Gasteiger partial charge in [-0.1, -0.05) is 162 Å². The minimum atomic E-state index is -1.91. The van der Waals surface area contributed by atoms with Crippen LogP contribution in [0, 0.1) is 0 Å². The van der Waals surface area contributed by atoms with Crippen LogP contribution in [0.1, 0.15) is 12.8 Å². The zero-order chi connectivity index (χ0) is 26.5. The molecule has 0 fully saturated rings. The molecule has 0 amide bonds. The Balaban J connectivity index is 0.000000204. The third-order valence-electron chi connectivity index (χ3n) is 7.28. The molecule has 0 saturated carbocycles. The highest BCUT2D eigenvalue weighted by Gasteiger charge is 2.36. The number of benzene rings is 4. The van der Waals surface area contributed by atoms with Gasteiger partial charge in [-0.05, 0) is 12.5 Å². The number of rotatable bonds is 10. The highest BCUT2D eigenvalue weighted by Crippen LogP contribution is 2.18. The van der Waals surface area contributed by atoms with Crippen LogP contribution < -0.4 is 21.3 Å². The number of hydrogen-bond donors (Lipinski definition) is 0. The Morgan fingerprint density at radius 1 is 0.737 bits per heavy atom. The molecule has 0 aliphatic rings. The smallest absolute Gasteiger partial charge is 0.206 e. The van der Waals surface area contributed by atoms with E-state index in [0.717, 1.165) is 12.6 Å². The summed E-state index contributed by atoms with van der Waals surface area (Å²) in [6, 6.07) is 44.5. The summed E-state index contributed by atoms with van der Waals surface area (Å²) in [5.74, 6) is 0. The van der Waals surface area contributed by atoms with Crippen molar-refractivity contribution >= 4 is 36.1 Å². The summed E-state index contributed by atoms with van der Waals surface area (Å²) in [5.41, 5.74) is 2.75. The summed E-state index contributed by atoms with van der Waals surface area (Å²) in [6.07, 6.45) is 11.2. The molecule has 0 N–H and O–H groups in total. The first-order valence-electron chi connectivity index (χ1n) is 13.5. The summed E-state index contributed by atoms with van der Waals surface area (Å²) in [6.45, 7) is 6.63. The maximum Gasteiger partial charge on any atom is 0.206 e. The SMILES string of the molecule is C=CCCC[Si](Cn1ccnc1)(c1ccccc1)c1ccccc1.CB(c1ccccc1)c1ccccc1. The molecule has 190 valence electrons. The van der Waals surface area contributed by atoms with Crippen LogP contribution in [0.25, 0.3) is 0 Å². The van der Waals surface area contributed by atoms with Crippen LogP contribution in [0.5, 0.6) is 0 Å². The zero-order valence-corrected chi connectivity index (χ0v) is 23.4. The lowest BCUT2D eigenvalue weighted by Gasteiger charge is -2.33. The minimum Gasteiger partial charge on any atom is -0.340 e. The topological polar surface area (TPSA) is 17.8 Å². The maximum atomic E-state index is 4.26. The molecule has 4 aromatic carbocycles. The molecule has 1 heterocycles. The first-order chi connectivity index (χ1) is 18.7. The molecule has 4 heteroatoms. The third-order valence-corrected chi connectivity index (χ3v) is 12.3. The fourth-order valence-corrected chi connectivity index (χ4v) is 9.86. The Bertz CT molecular complexity index is 1250. The molecular weight excluding hydrogens is 475 g/mol. The Labute approximate surface area is 229 Å². The number of unbranched alkanes of at least 4 members (excludes halogenated alkanes) is 1. The van der Waals surface area contributed by atoms with Gasteiger partial charge in [0.2, 0.25) is 6.71 Å². The van der Waals surface area contributed by atoms with Gasteiger partial charge in [0.1, 0.15) is 8.07 Å². The molecular formula is C34H37BN2Si. The second kappa shape index (κ2) is 14.2. The molecule has 0 aliphatic carbocycles. The van der Waals surface area contributed by atoms with Gasteiger partial charge < -0.3 is 4.57 Å². The van der Waals surface area contributed by atoms with Crippen molar-refractivity contribution in [2.75, 3.05) is 0 Å². The molecule has 0 saturated heterocycles. The van der Waals surface area contributed by atoms with Gasteiger partial charge in [0.25, 0.3) is 0 Å². The van der Waals surface area contributed by atoms with Crippen LogP contribution in [-0.4, -0.2) is 24.3 Å².